The Hall–Kier alpha value is -0.260. The molecule has 0 amide bonds. The van der Waals surface area contributed by atoms with Gasteiger partial charge in [0.25, 0.3) is 0 Å². The van der Waals surface area contributed by atoms with Gasteiger partial charge in [0.05, 0.1) is 0 Å². The van der Waals surface area contributed by atoms with Crippen molar-refractivity contribution in [3.8, 4) is 0 Å². The Kier molecular flexibility index (Phi) is 2.32. The normalized spacial score (nSPS) is 27.8. The molecule has 0 saturated carbocycles. The van der Waals surface area contributed by atoms with Crippen molar-refractivity contribution in [2.24, 2.45) is 5.92 Å². The van der Waals surface area contributed by atoms with E-state index < -0.39 is 0 Å². The quantitative estimate of drug-likeness (QED) is 0.469. The van der Waals surface area contributed by atoms with Crippen LogP contribution < -0.4 is 0 Å². The molecule has 1 aliphatic carbocycles. The Morgan fingerprint density at radius 1 is 1.78 bits per heavy atom. The van der Waals surface area contributed by atoms with E-state index in [1.807, 2.05) is 0 Å². The van der Waals surface area contributed by atoms with E-state index in [9.17, 15) is 0 Å². The summed E-state index contributed by atoms with van der Waals surface area (Å²) < 4.78 is 0. The largest absolute Gasteiger partial charge is 0.0853 e. The molecule has 1 atom stereocenters. The molecule has 1 aliphatic rings. The zero-order chi connectivity index (χ0) is 6.69. The van der Waals surface area contributed by atoms with Crippen molar-refractivity contribution < 1.29 is 0 Å². The molecule has 0 aromatic carbocycles. The lowest BCUT2D eigenvalue weighted by Gasteiger charge is -2.17. The Bertz CT molecular complexity index is 111. The highest BCUT2D eigenvalue weighted by molar-refractivity contribution is 5.02. The van der Waals surface area contributed by atoms with Crippen LogP contribution in [-0.2, 0) is 0 Å². The van der Waals surface area contributed by atoms with Gasteiger partial charge in [-0.3, -0.25) is 0 Å². The number of hydrogen-bond donors (Lipinski definition) is 0. The summed E-state index contributed by atoms with van der Waals surface area (Å²) in [6.45, 7) is 7.72. The minimum atomic E-state index is 0.772. The molecule has 1 rings (SSSR count). The van der Waals surface area contributed by atoms with Crippen LogP contribution in [0.3, 0.4) is 0 Å². The molecule has 1 unspecified atom stereocenters. The molecule has 0 aromatic rings. The third kappa shape index (κ3) is 1.85. The maximum atomic E-state index is 5.52. The van der Waals surface area contributed by atoms with Crippen LogP contribution in [0.15, 0.2) is 11.6 Å². The van der Waals surface area contributed by atoms with Gasteiger partial charge in [-0.05, 0) is 45.4 Å². The molecule has 0 aromatic heterocycles. The van der Waals surface area contributed by atoms with E-state index >= 15 is 0 Å². The molecule has 0 fully saturated rings. The van der Waals surface area contributed by atoms with Crippen LogP contribution in [0.4, 0.5) is 0 Å². The SMILES string of the molecule is [CH]CC1CC=C(C)CC1. The van der Waals surface area contributed by atoms with Gasteiger partial charge in [0.15, 0.2) is 0 Å². The average Bonchev–Trinajstić information content (AvgIpc) is 1.90. The summed E-state index contributed by atoms with van der Waals surface area (Å²) >= 11 is 0. The van der Waals surface area contributed by atoms with Crippen LogP contribution in [0, 0.1) is 12.8 Å². The molecule has 0 saturated heterocycles. The minimum absolute atomic E-state index is 0.772. The number of rotatable bonds is 1. The molecular formula is C9H14. The zero-order valence-corrected chi connectivity index (χ0v) is 6.06. The summed E-state index contributed by atoms with van der Waals surface area (Å²) in [4.78, 5) is 0. The summed E-state index contributed by atoms with van der Waals surface area (Å²) in [6.07, 6.45) is 6.97. The summed E-state index contributed by atoms with van der Waals surface area (Å²) in [5, 5.41) is 0. The van der Waals surface area contributed by atoms with E-state index in [0.29, 0.717) is 0 Å². The van der Waals surface area contributed by atoms with Crippen molar-refractivity contribution in [2.75, 3.05) is 0 Å². The summed E-state index contributed by atoms with van der Waals surface area (Å²) in [7, 11) is 0. The van der Waals surface area contributed by atoms with Gasteiger partial charge in [0.2, 0.25) is 0 Å². The van der Waals surface area contributed by atoms with E-state index in [0.717, 1.165) is 12.3 Å². The Morgan fingerprint density at radius 2 is 2.56 bits per heavy atom. The fourth-order valence-electron chi connectivity index (χ4n) is 1.23. The second-order valence-corrected chi connectivity index (χ2v) is 2.93. The van der Waals surface area contributed by atoms with E-state index in [1.54, 1.807) is 5.57 Å². The van der Waals surface area contributed by atoms with Crippen molar-refractivity contribution in [3.63, 3.8) is 0 Å². The first-order valence-electron chi connectivity index (χ1n) is 3.68. The van der Waals surface area contributed by atoms with E-state index in [4.69, 9.17) is 6.92 Å². The van der Waals surface area contributed by atoms with Gasteiger partial charge in [-0.1, -0.05) is 11.6 Å². The van der Waals surface area contributed by atoms with Gasteiger partial charge in [-0.25, -0.2) is 0 Å². The highest BCUT2D eigenvalue weighted by Gasteiger charge is 2.08. The molecular weight excluding hydrogens is 108 g/mol. The first-order valence-corrected chi connectivity index (χ1v) is 3.68. The van der Waals surface area contributed by atoms with Crippen molar-refractivity contribution in [1.82, 2.24) is 0 Å². The smallest absolute Gasteiger partial charge is 0.0319 e. The summed E-state index contributed by atoms with van der Waals surface area (Å²) in [5.74, 6) is 0.772. The Balaban J connectivity index is 2.36. The molecule has 0 heterocycles. The molecule has 0 bridgehead atoms. The lowest BCUT2D eigenvalue weighted by Crippen LogP contribution is -2.02. The topological polar surface area (TPSA) is 0 Å². The van der Waals surface area contributed by atoms with Crippen LogP contribution in [0.5, 0.6) is 0 Å². The molecule has 0 heteroatoms. The van der Waals surface area contributed by atoms with Crippen molar-refractivity contribution in [1.29, 1.82) is 0 Å². The predicted molar refractivity (Wildman–Crippen MR) is 40.0 cm³/mol. The third-order valence-corrected chi connectivity index (χ3v) is 2.08. The van der Waals surface area contributed by atoms with E-state index in [1.165, 1.54) is 19.3 Å². The summed E-state index contributed by atoms with van der Waals surface area (Å²) in [6, 6.07) is 0. The second-order valence-electron chi connectivity index (χ2n) is 2.93. The number of allylic oxidation sites excluding steroid dienone is 2. The predicted octanol–water partition coefficient (Wildman–Crippen LogP) is 2.83. The maximum absolute atomic E-state index is 5.52. The van der Waals surface area contributed by atoms with Gasteiger partial charge < -0.3 is 0 Å². The molecule has 0 spiro atoms. The molecule has 0 nitrogen and oxygen atoms in total. The Labute approximate surface area is 58.0 Å². The first kappa shape index (κ1) is 6.85. The molecule has 2 radical (unpaired) electrons. The van der Waals surface area contributed by atoms with Gasteiger partial charge in [0.1, 0.15) is 0 Å². The lowest BCUT2D eigenvalue weighted by atomic mass is 9.89. The highest BCUT2D eigenvalue weighted by Crippen LogP contribution is 2.24. The van der Waals surface area contributed by atoms with Gasteiger partial charge in [-0.2, -0.15) is 0 Å². The van der Waals surface area contributed by atoms with Crippen molar-refractivity contribution in [3.05, 3.63) is 18.6 Å². The highest BCUT2D eigenvalue weighted by atomic mass is 14.1. The number of hydrogen-bond acceptors (Lipinski definition) is 0. The first-order chi connectivity index (χ1) is 4.33. The van der Waals surface area contributed by atoms with E-state index in [-0.39, 0.29) is 0 Å². The van der Waals surface area contributed by atoms with Crippen LogP contribution in [0.1, 0.15) is 32.6 Å². The van der Waals surface area contributed by atoms with Gasteiger partial charge in [-0.15, -0.1) is 0 Å². The second kappa shape index (κ2) is 3.05. The van der Waals surface area contributed by atoms with Crippen molar-refractivity contribution >= 4 is 0 Å². The van der Waals surface area contributed by atoms with Gasteiger partial charge >= 0.3 is 0 Å². The van der Waals surface area contributed by atoms with Crippen LogP contribution in [0.2, 0.25) is 0 Å². The zero-order valence-electron chi connectivity index (χ0n) is 6.06. The van der Waals surface area contributed by atoms with Crippen LogP contribution >= 0.6 is 0 Å². The minimum Gasteiger partial charge on any atom is -0.0853 e. The fraction of sp³-hybridized carbons (Fsp3) is 0.667. The Morgan fingerprint density at radius 3 is 3.00 bits per heavy atom. The molecule has 0 aliphatic heterocycles. The van der Waals surface area contributed by atoms with E-state index in [2.05, 4.69) is 13.0 Å². The fourth-order valence-corrected chi connectivity index (χ4v) is 1.23. The average molecular weight is 122 g/mol. The van der Waals surface area contributed by atoms with Crippen LogP contribution in [0.25, 0.3) is 0 Å². The van der Waals surface area contributed by atoms with Crippen molar-refractivity contribution in [2.45, 2.75) is 32.6 Å². The molecule has 9 heavy (non-hydrogen) atoms. The monoisotopic (exact) mass is 122 g/mol. The standard InChI is InChI=1S/C9H14/c1-3-9-6-4-8(2)5-7-9/h1,4,9H,3,5-7H2,2H3. The summed E-state index contributed by atoms with van der Waals surface area (Å²) in [5.41, 5.74) is 1.54. The molecule has 0 N–H and O–H groups in total. The third-order valence-electron chi connectivity index (χ3n) is 2.08. The maximum Gasteiger partial charge on any atom is -0.0319 e. The lowest BCUT2D eigenvalue weighted by molar-refractivity contribution is 0.474. The van der Waals surface area contributed by atoms with Gasteiger partial charge in [0, 0.05) is 0 Å². The van der Waals surface area contributed by atoms with Crippen LogP contribution in [-0.4, -0.2) is 0 Å². The molecule has 50 valence electrons.